The number of carbonyl (C=O) groups is 2. The van der Waals surface area contributed by atoms with E-state index in [4.69, 9.17) is 11.6 Å². The molecule has 4 rings (SSSR count). The predicted octanol–water partition coefficient (Wildman–Crippen LogP) is 4.79. The molecule has 1 fully saturated rings. The number of rotatable bonds is 4. The second-order valence-corrected chi connectivity index (χ2v) is 8.58. The number of thiophene rings is 1. The molecule has 0 unspecified atom stereocenters. The molecule has 2 amide bonds. The number of amides is 2. The van der Waals surface area contributed by atoms with Crippen LogP contribution in [0.1, 0.15) is 28.2 Å². The van der Waals surface area contributed by atoms with Crippen LogP contribution < -0.4 is 5.32 Å². The summed E-state index contributed by atoms with van der Waals surface area (Å²) in [5.41, 5.74) is -3.26. The largest absolute Gasteiger partial charge is 0.437 e. The third-order valence-corrected chi connectivity index (χ3v) is 6.71. The van der Waals surface area contributed by atoms with E-state index in [9.17, 15) is 27.9 Å². The van der Waals surface area contributed by atoms with Gasteiger partial charge in [-0.1, -0.05) is 35.9 Å². The van der Waals surface area contributed by atoms with E-state index in [0.29, 0.717) is 10.9 Å². The number of halogens is 4. The Kier molecular flexibility index (Phi) is 5.64. The molecule has 2 N–H and O–H groups in total. The lowest BCUT2D eigenvalue weighted by atomic mass is 9.77. The number of urea groups is 1. The second kappa shape index (κ2) is 8.02. The number of pyridine rings is 1. The van der Waals surface area contributed by atoms with E-state index in [1.54, 1.807) is 29.6 Å². The van der Waals surface area contributed by atoms with E-state index < -0.39 is 42.2 Å². The number of benzene rings is 1. The zero-order chi connectivity index (χ0) is 23.3. The molecule has 1 aliphatic rings. The van der Waals surface area contributed by atoms with Crippen molar-refractivity contribution in [3.05, 3.63) is 63.4 Å². The van der Waals surface area contributed by atoms with Crippen molar-refractivity contribution in [2.75, 3.05) is 6.54 Å². The molecule has 1 saturated heterocycles. The van der Waals surface area contributed by atoms with E-state index in [0.717, 1.165) is 11.3 Å². The van der Waals surface area contributed by atoms with Gasteiger partial charge in [-0.3, -0.25) is 9.69 Å². The van der Waals surface area contributed by atoms with Gasteiger partial charge in [0, 0.05) is 17.5 Å². The van der Waals surface area contributed by atoms with Gasteiger partial charge < -0.3 is 10.4 Å². The van der Waals surface area contributed by atoms with Crippen LogP contribution in [0.3, 0.4) is 0 Å². The average Bonchev–Trinajstić information content (AvgIpc) is 3.27. The Hall–Kier alpha value is -2.69. The Bertz CT molecular complexity index is 1190. The van der Waals surface area contributed by atoms with Crippen LogP contribution in [0.4, 0.5) is 18.0 Å². The van der Waals surface area contributed by atoms with Crippen LogP contribution in [-0.4, -0.2) is 45.3 Å². The number of nitrogens with one attached hydrogen (secondary N) is 1. The third kappa shape index (κ3) is 3.42. The van der Waals surface area contributed by atoms with Gasteiger partial charge in [0.1, 0.15) is 11.1 Å². The van der Waals surface area contributed by atoms with E-state index in [1.807, 2.05) is 0 Å². The molecular weight excluding hydrogens is 467 g/mol. The Morgan fingerprint density at radius 1 is 1.31 bits per heavy atom. The Morgan fingerprint density at radius 2 is 2.03 bits per heavy atom. The average molecular weight is 484 g/mol. The molecule has 1 aromatic carbocycles. The van der Waals surface area contributed by atoms with E-state index in [1.165, 1.54) is 25.1 Å². The van der Waals surface area contributed by atoms with Gasteiger partial charge in [-0.2, -0.15) is 13.2 Å². The lowest BCUT2D eigenvalue weighted by molar-refractivity contribution is -0.326. The van der Waals surface area contributed by atoms with Crippen LogP contribution >= 0.6 is 22.9 Å². The Labute approximate surface area is 189 Å². The summed E-state index contributed by atoms with van der Waals surface area (Å²) in [5.74, 6) is -3.09. The lowest BCUT2D eigenvalue weighted by Crippen LogP contribution is -2.73. The summed E-state index contributed by atoms with van der Waals surface area (Å²) in [6.45, 7) is 0.806. The molecule has 3 heterocycles. The summed E-state index contributed by atoms with van der Waals surface area (Å²) in [4.78, 5) is 30.5. The van der Waals surface area contributed by atoms with Crippen molar-refractivity contribution in [1.29, 1.82) is 0 Å². The van der Waals surface area contributed by atoms with Gasteiger partial charge in [-0.25, -0.2) is 9.78 Å². The first kappa shape index (κ1) is 22.5. The first-order valence-electron chi connectivity index (χ1n) is 9.59. The topological polar surface area (TPSA) is 82.5 Å². The molecule has 2 aromatic heterocycles. The standard InChI is InChI=1S/C21H17ClF3N3O3S/c1-2-28-19(30)27-16(12-10-11-6-3-4-7-13(11)26-18(12)22)15(20(28,31)21(23,24)25)17(29)14-8-5-9-32-14/h3-10,15-16,31H,2H2,1H3,(H,27,30)/t15-,16-,20-/m1/s1. The molecule has 0 radical (unpaired) electrons. The van der Waals surface area contributed by atoms with Gasteiger partial charge in [0.15, 0.2) is 5.78 Å². The monoisotopic (exact) mass is 483 g/mol. The number of hydrogen-bond acceptors (Lipinski definition) is 5. The molecule has 11 heteroatoms. The predicted molar refractivity (Wildman–Crippen MR) is 114 cm³/mol. The van der Waals surface area contributed by atoms with Crippen molar-refractivity contribution in [2.45, 2.75) is 24.9 Å². The fraction of sp³-hybridized carbons (Fsp3) is 0.286. The molecule has 1 aliphatic heterocycles. The normalized spacial score (nSPS) is 23.9. The van der Waals surface area contributed by atoms with E-state index in [-0.39, 0.29) is 20.5 Å². The van der Waals surface area contributed by atoms with Crippen LogP contribution in [0.25, 0.3) is 10.9 Å². The number of ketones is 1. The number of alkyl halides is 3. The van der Waals surface area contributed by atoms with Gasteiger partial charge >= 0.3 is 12.2 Å². The van der Waals surface area contributed by atoms with Gasteiger partial charge in [-0.15, -0.1) is 11.3 Å². The first-order valence-corrected chi connectivity index (χ1v) is 10.9. The van der Waals surface area contributed by atoms with Crippen LogP contribution in [0.2, 0.25) is 5.15 Å². The quantitative estimate of drug-likeness (QED) is 0.413. The number of para-hydroxylation sites is 1. The second-order valence-electron chi connectivity index (χ2n) is 7.28. The zero-order valence-corrected chi connectivity index (χ0v) is 18.1. The van der Waals surface area contributed by atoms with Crippen LogP contribution in [0.15, 0.2) is 47.8 Å². The van der Waals surface area contributed by atoms with Crippen molar-refractivity contribution < 1.29 is 27.9 Å². The molecule has 3 aromatic rings. The highest BCUT2D eigenvalue weighted by Crippen LogP contribution is 2.49. The van der Waals surface area contributed by atoms with Gasteiger partial charge in [0.05, 0.1) is 16.4 Å². The minimum Gasteiger partial charge on any atom is -0.363 e. The number of fused-ring (bicyclic) bond motifs is 1. The number of Topliss-reactive ketones (excluding diaryl/α,β-unsaturated/α-hetero) is 1. The summed E-state index contributed by atoms with van der Waals surface area (Å²) in [6.07, 6.45) is -5.33. The highest BCUT2D eigenvalue weighted by molar-refractivity contribution is 7.12. The van der Waals surface area contributed by atoms with E-state index >= 15 is 0 Å². The first-order chi connectivity index (χ1) is 15.1. The highest BCUT2D eigenvalue weighted by atomic mass is 35.5. The van der Waals surface area contributed by atoms with E-state index in [2.05, 4.69) is 10.3 Å². The number of aliphatic hydroxyl groups is 1. The van der Waals surface area contributed by atoms with Crippen LogP contribution in [0.5, 0.6) is 0 Å². The SMILES string of the molecule is CCN1C(=O)N[C@H](c2cc3ccccc3nc2Cl)[C@H](C(=O)c2cccs2)[C@@]1(O)C(F)(F)F. The van der Waals surface area contributed by atoms with Crippen molar-refractivity contribution in [2.24, 2.45) is 5.92 Å². The molecule has 0 spiro atoms. The maximum Gasteiger partial charge on any atom is 0.437 e. The van der Waals surface area contributed by atoms with Crippen molar-refractivity contribution >= 4 is 45.7 Å². The maximum absolute atomic E-state index is 14.4. The Morgan fingerprint density at radius 3 is 2.66 bits per heavy atom. The zero-order valence-electron chi connectivity index (χ0n) is 16.6. The lowest BCUT2D eigenvalue weighted by Gasteiger charge is -2.50. The van der Waals surface area contributed by atoms with Crippen molar-refractivity contribution in [3.8, 4) is 0 Å². The minimum absolute atomic E-state index is 0.00653. The third-order valence-electron chi connectivity index (χ3n) is 5.52. The van der Waals surface area contributed by atoms with Gasteiger partial charge in [0.25, 0.3) is 5.72 Å². The minimum atomic E-state index is -5.33. The molecular formula is C21H17ClF3N3O3S. The molecule has 3 atom stereocenters. The van der Waals surface area contributed by atoms with Crippen LogP contribution in [-0.2, 0) is 0 Å². The highest BCUT2D eigenvalue weighted by Gasteiger charge is 2.70. The number of carbonyl (C=O) groups excluding carboxylic acids is 2. The molecule has 6 nitrogen and oxygen atoms in total. The van der Waals surface area contributed by atoms with Crippen molar-refractivity contribution in [3.63, 3.8) is 0 Å². The molecule has 32 heavy (non-hydrogen) atoms. The number of hydrogen-bond donors (Lipinski definition) is 2. The van der Waals surface area contributed by atoms with Crippen LogP contribution in [0, 0.1) is 5.92 Å². The molecule has 0 bridgehead atoms. The smallest absolute Gasteiger partial charge is 0.363 e. The number of nitrogens with zero attached hydrogens (tertiary/aromatic N) is 2. The number of aromatic nitrogens is 1. The summed E-state index contributed by atoms with van der Waals surface area (Å²) < 4.78 is 43.1. The Balaban J connectivity index is 1.97. The van der Waals surface area contributed by atoms with Gasteiger partial charge in [0.2, 0.25) is 0 Å². The summed E-state index contributed by atoms with van der Waals surface area (Å²) in [7, 11) is 0. The maximum atomic E-state index is 14.4. The molecule has 0 aliphatic carbocycles. The fourth-order valence-electron chi connectivity index (χ4n) is 4.05. The van der Waals surface area contributed by atoms with Crippen molar-refractivity contribution in [1.82, 2.24) is 15.2 Å². The fourth-order valence-corrected chi connectivity index (χ4v) is 5.02. The summed E-state index contributed by atoms with van der Waals surface area (Å²) in [6, 6.07) is 8.40. The van der Waals surface area contributed by atoms with Gasteiger partial charge in [-0.05, 0) is 30.5 Å². The summed E-state index contributed by atoms with van der Waals surface area (Å²) >= 11 is 7.25. The summed E-state index contributed by atoms with van der Waals surface area (Å²) in [5, 5.41) is 15.4. The molecule has 0 saturated carbocycles. The molecule has 168 valence electrons.